The average molecular weight is 268 g/mol. The second kappa shape index (κ2) is 4.38. The number of hydrogen-bond acceptors (Lipinski definition) is 2. The number of carbonyl (C=O) groups is 1. The fourth-order valence-corrected chi connectivity index (χ4v) is 2.34. The number of carboxylic acids is 1. The molecule has 0 fully saturated rings. The van der Waals surface area contributed by atoms with Crippen LogP contribution in [0.5, 0.6) is 0 Å². The van der Waals surface area contributed by atoms with Crippen LogP contribution in [0, 0.1) is 6.92 Å². The second-order valence-corrected chi connectivity index (χ2v) is 4.61. The van der Waals surface area contributed by atoms with Crippen molar-refractivity contribution >= 4 is 17.0 Å². The molecule has 20 heavy (non-hydrogen) atoms. The maximum Gasteiger partial charge on any atom is 0.337 e. The first-order valence-electron chi connectivity index (χ1n) is 6.12. The van der Waals surface area contributed by atoms with Gasteiger partial charge in [-0.25, -0.2) is 9.59 Å². The van der Waals surface area contributed by atoms with Crippen molar-refractivity contribution in [2.24, 2.45) is 0 Å². The lowest BCUT2D eigenvalue weighted by Crippen LogP contribution is -2.15. The van der Waals surface area contributed by atoms with E-state index in [0.29, 0.717) is 16.7 Å². The number of carboxylic acid groups (broad SMARTS) is 1. The fraction of sp³-hybridized carbons (Fsp3) is 0.0667. The number of fused-ring (bicyclic) bond motifs is 1. The van der Waals surface area contributed by atoms with Gasteiger partial charge in [0.1, 0.15) is 0 Å². The number of nitrogens with zero attached hydrogens (tertiary/aromatic N) is 1. The summed E-state index contributed by atoms with van der Waals surface area (Å²) >= 11 is 0. The van der Waals surface area contributed by atoms with Crippen molar-refractivity contribution in [2.45, 2.75) is 6.92 Å². The molecule has 5 heteroatoms. The van der Waals surface area contributed by atoms with E-state index in [4.69, 9.17) is 0 Å². The summed E-state index contributed by atoms with van der Waals surface area (Å²) in [5.41, 5.74) is 2.29. The maximum absolute atomic E-state index is 12.1. The molecule has 5 nitrogen and oxygen atoms in total. The van der Waals surface area contributed by atoms with Crippen LogP contribution in [0.2, 0.25) is 0 Å². The lowest BCUT2D eigenvalue weighted by atomic mass is 10.1. The molecule has 0 aliphatic heterocycles. The Bertz CT molecular complexity index is 874. The quantitative estimate of drug-likeness (QED) is 0.749. The Hall–Kier alpha value is -2.82. The molecule has 0 spiro atoms. The van der Waals surface area contributed by atoms with Crippen molar-refractivity contribution in [1.82, 2.24) is 9.55 Å². The molecule has 1 heterocycles. The predicted molar refractivity (Wildman–Crippen MR) is 75.6 cm³/mol. The van der Waals surface area contributed by atoms with E-state index in [1.165, 1.54) is 10.6 Å². The lowest BCUT2D eigenvalue weighted by molar-refractivity contribution is 0.0698. The molecule has 0 saturated carbocycles. The highest BCUT2D eigenvalue weighted by Gasteiger charge is 2.16. The second-order valence-electron chi connectivity index (χ2n) is 4.61. The minimum atomic E-state index is -1.06. The molecule has 2 aromatic carbocycles. The van der Waals surface area contributed by atoms with Crippen molar-refractivity contribution in [3.8, 4) is 5.69 Å². The molecule has 3 aromatic rings. The summed E-state index contributed by atoms with van der Waals surface area (Å²) in [6.07, 6.45) is 0. The zero-order chi connectivity index (χ0) is 14.3. The number of aromatic amines is 1. The SMILES string of the molecule is Cc1cccc(-n2c(=O)[nH]c3cccc(C(=O)O)c32)c1. The van der Waals surface area contributed by atoms with E-state index in [1.54, 1.807) is 18.2 Å². The molecule has 0 unspecified atom stereocenters. The van der Waals surface area contributed by atoms with E-state index < -0.39 is 5.97 Å². The summed E-state index contributed by atoms with van der Waals surface area (Å²) in [5, 5.41) is 9.29. The fourth-order valence-electron chi connectivity index (χ4n) is 2.34. The average Bonchev–Trinajstić information content (AvgIpc) is 2.74. The maximum atomic E-state index is 12.1. The molecule has 0 aliphatic carbocycles. The smallest absolute Gasteiger partial charge is 0.337 e. The van der Waals surface area contributed by atoms with Crippen molar-refractivity contribution in [1.29, 1.82) is 0 Å². The summed E-state index contributed by atoms with van der Waals surface area (Å²) in [7, 11) is 0. The Morgan fingerprint density at radius 3 is 2.65 bits per heavy atom. The molecule has 0 radical (unpaired) electrons. The van der Waals surface area contributed by atoms with E-state index in [9.17, 15) is 14.7 Å². The summed E-state index contributed by atoms with van der Waals surface area (Å²) in [5.74, 6) is -1.06. The minimum absolute atomic E-state index is 0.0994. The zero-order valence-electron chi connectivity index (χ0n) is 10.8. The number of nitrogens with one attached hydrogen (secondary N) is 1. The molecular weight excluding hydrogens is 256 g/mol. The van der Waals surface area contributed by atoms with Gasteiger partial charge in [-0.2, -0.15) is 0 Å². The summed E-state index contributed by atoms with van der Waals surface area (Å²) in [4.78, 5) is 26.2. The molecule has 0 amide bonds. The van der Waals surface area contributed by atoms with Gasteiger partial charge in [-0.1, -0.05) is 18.2 Å². The van der Waals surface area contributed by atoms with Crippen molar-refractivity contribution in [2.75, 3.05) is 0 Å². The van der Waals surface area contributed by atoms with E-state index in [2.05, 4.69) is 4.98 Å². The zero-order valence-corrected chi connectivity index (χ0v) is 10.8. The molecule has 3 rings (SSSR count). The number of hydrogen-bond donors (Lipinski definition) is 2. The summed E-state index contributed by atoms with van der Waals surface area (Å²) < 4.78 is 1.39. The molecule has 0 atom stereocenters. The number of rotatable bonds is 2. The van der Waals surface area contributed by atoms with Gasteiger partial charge in [-0.15, -0.1) is 0 Å². The van der Waals surface area contributed by atoms with Gasteiger partial charge < -0.3 is 10.1 Å². The third-order valence-corrected chi connectivity index (χ3v) is 3.19. The topological polar surface area (TPSA) is 75.1 Å². The number of imidazole rings is 1. The van der Waals surface area contributed by atoms with Gasteiger partial charge in [0.05, 0.1) is 22.3 Å². The third kappa shape index (κ3) is 1.80. The molecule has 1 aromatic heterocycles. The predicted octanol–water partition coefficient (Wildman–Crippen LogP) is 2.33. The number of aromatic nitrogens is 2. The Balaban J connectivity index is 2.44. The highest BCUT2D eigenvalue weighted by Crippen LogP contribution is 2.20. The van der Waals surface area contributed by atoms with Crippen LogP contribution in [0.3, 0.4) is 0 Å². The first-order chi connectivity index (χ1) is 9.58. The Kier molecular flexibility index (Phi) is 2.68. The standard InChI is InChI=1S/C15H12N2O3/c1-9-4-2-5-10(8-9)17-13-11(14(18)19)6-3-7-12(13)16-15(17)20/h2-8H,1H3,(H,16,20)(H,18,19). The van der Waals surface area contributed by atoms with Crippen molar-refractivity contribution in [3.05, 3.63) is 64.1 Å². The van der Waals surface area contributed by atoms with Crippen molar-refractivity contribution < 1.29 is 9.90 Å². The Labute approximate surface area is 114 Å². The Morgan fingerprint density at radius 1 is 1.20 bits per heavy atom. The number of para-hydroxylation sites is 1. The van der Waals surface area contributed by atoms with Gasteiger partial charge >= 0.3 is 11.7 Å². The van der Waals surface area contributed by atoms with Crippen LogP contribution in [0.15, 0.2) is 47.3 Å². The molecule has 0 aliphatic rings. The Morgan fingerprint density at radius 2 is 1.95 bits per heavy atom. The first kappa shape index (κ1) is 12.2. The monoisotopic (exact) mass is 268 g/mol. The molecule has 2 N–H and O–H groups in total. The van der Waals surface area contributed by atoms with Gasteiger partial charge in [-0.05, 0) is 36.8 Å². The normalized spacial score (nSPS) is 10.8. The highest BCUT2D eigenvalue weighted by molar-refractivity contribution is 6.01. The molecule has 0 saturated heterocycles. The van der Waals surface area contributed by atoms with Gasteiger partial charge in [0.2, 0.25) is 0 Å². The number of aryl methyl sites for hydroxylation is 1. The summed E-state index contributed by atoms with van der Waals surface area (Å²) in [6.45, 7) is 1.92. The molecule has 0 bridgehead atoms. The van der Waals surface area contributed by atoms with Gasteiger partial charge in [0.25, 0.3) is 0 Å². The van der Waals surface area contributed by atoms with Gasteiger partial charge in [0.15, 0.2) is 0 Å². The summed E-state index contributed by atoms with van der Waals surface area (Å²) in [6, 6.07) is 12.2. The first-order valence-corrected chi connectivity index (χ1v) is 6.12. The van der Waals surface area contributed by atoms with Gasteiger partial charge in [0, 0.05) is 0 Å². The third-order valence-electron chi connectivity index (χ3n) is 3.19. The van der Waals surface area contributed by atoms with E-state index >= 15 is 0 Å². The largest absolute Gasteiger partial charge is 0.478 e. The molecular formula is C15H12N2O3. The lowest BCUT2D eigenvalue weighted by Gasteiger charge is -2.06. The number of benzene rings is 2. The van der Waals surface area contributed by atoms with Crippen LogP contribution in [0.1, 0.15) is 15.9 Å². The van der Waals surface area contributed by atoms with Crippen LogP contribution in [-0.2, 0) is 0 Å². The molecule has 100 valence electrons. The number of aromatic carboxylic acids is 1. The van der Waals surface area contributed by atoms with E-state index in [0.717, 1.165) is 5.56 Å². The highest BCUT2D eigenvalue weighted by atomic mass is 16.4. The van der Waals surface area contributed by atoms with Crippen LogP contribution >= 0.6 is 0 Å². The van der Waals surface area contributed by atoms with Crippen LogP contribution in [0.4, 0.5) is 0 Å². The van der Waals surface area contributed by atoms with Crippen LogP contribution in [-0.4, -0.2) is 20.6 Å². The van der Waals surface area contributed by atoms with Crippen molar-refractivity contribution in [3.63, 3.8) is 0 Å². The van der Waals surface area contributed by atoms with Gasteiger partial charge in [-0.3, -0.25) is 4.57 Å². The van der Waals surface area contributed by atoms with E-state index in [1.807, 2.05) is 25.1 Å². The number of H-pyrrole nitrogens is 1. The van der Waals surface area contributed by atoms with Crippen LogP contribution < -0.4 is 5.69 Å². The van der Waals surface area contributed by atoms with E-state index in [-0.39, 0.29) is 11.3 Å². The minimum Gasteiger partial charge on any atom is -0.478 e. The van der Waals surface area contributed by atoms with Crippen LogP contribution in [0.25, 0.3) is 16.7 Å².